The highest BCUT2D eigenvalue weighted by molar-refractivity contribution is 8.27. The molecule has 0 unspecified atom stereocenters. The molecule has 2 aliphatic heterocycles. The van der Waals surface area contributed by atoms with Crippen molar-refractivity contribution in [2.45, 2.75) is 44.2 Å². The molecule has 0 aromatic heterocycles. The molecule has 1 amide bonds. The summed E-state index contributed by atoms with van der Waals surface area (Å²) in [4.78, 5) is 16.2. The van der Waals surface area contributed by atoms with Gasteiger partial charge in [0.1, 0.15) is 24.7 Å². The predicted octanol–water partition coefficient (Wildman–Crippen LogP) is 6.37. The first kappa shape index (κ1) is 26.0. The molecule has 11 heteroatoms. The standard InChI is InChI=1S/C27H25F3N4O3S/c28-27(29,30)25-33-34-23(31)21(24(35)32-26(34)38-25)16-19-8-4-5-9-22(19)37-15-14-36-20-12-10-18(11-13-20)17-6-2-1-3-7-17/h4-5,8-13,16-17,31H,1-3,6-7,14-15H2. The number of carbonyl (C=O) groups excluding carboxylic acids is 1. The fourth-order valence-corrected chi connectivity index (χ4v) is 5.33. The lowest BCUT2D eigenvalue weighted by molar-refractivity contribution is -0.114. The Labute approximate surface area is 221 Å². The molecule has 1 saturated carbocycles. The van der Waals surface area contributed by atoms with Gasteiger partial charge in [0.15, 0.2) is 5.84 Å². The van der Waals surface area contributed by atoms with E-state index in [1.807, 2.05) is 12.1 Å². The molecule has 5 rings (SSSR count). The molecule has 0 spiro atoms. The fourth-order valence-electron chi connectivity index (χ4n) is 4.58. The number of amidine groups is 2. The number of rotatable bonds is 7. The van der Waals surface area contributed by atoms with Gasteiger partial charge in [-0.2, -0.15) is 28.3 Å². The lowest BCUT2D eigenvalue weighted by Crippen LogP contribution is -2.35. The van der Waals surface area contributed by atoms with Gasteiger partial charge >= 0.3 is 6.18 Å². The number of aliphatic imine (C=N–C) groups is 1. The van der Waals surface area contributed by atoms with E-state index in [9.17, 15) is 18.0 Å². The summed E-state index contributed by atoms with van der Waals surface area (Å²) in [6.45, 7) is 0.510. The summed E-state index contributed by atoms with van der Waals surface area (Å²) in [6.07, 6.45) is 3.04. The molecule has 0 radical (unpaired) electrons. The van der Waals surface area contributed by atoms with Crippen LogP contribution < -0.4 is 9.47 Å². The molecule has 0 atom stereocenters. The molecule has 7 nitrogen and oxygen atoms in total. The summed E-state index contributed by atoms with van der Waals surface area (Å²) < 4.78 is 50.8. The van der Waals surface area contributed by atoms with E-state index in [2.05, 4.69) is 22.2 Å². The van der Waals surface area contributed by atoms with E-state index in [0.717, 1.165) is 10.8 Å². The summed E-state index contributed by atoms with van der Waals surface area (Å²) in [7, 11) is 0. The Bertz CT molecular complexity index is 1320. The minimum absolute atomic E-state index is 0.188. The molecule has 2 aromatic carbocycles. The molecular formula is C27H25F3N4O3S. The highest BCUT2D eigenvalue weighted by Crippen LogP contribution is 2.36. The van der Waals surface area contributed by atoms with Gasteiger partial charge in [-0.1, -0.05) is 49.6 Å². The number of nitrogens with one attached hydrogen (secondary N) is 1. The largest absolute Gasteiger partial charge is 0.490 e. The number of ether oxygens (including phenoxy) is 2. The average molecular weight is 543 g/mol. The number of para-hydroxylation sites is 1. The Morgan fingerprint density at radius 3 is 2.47 bits per heavy atom. The van der Waals surface area contributed by atoms with Gasteiger partial charge in [-0.25, -0.2) is 0 Å². The third-order valence-electron chi connectivity index (χ3n) is 6.48. The lowest BCUT2D eigenvalue weighted by atomic mass is 9.84. The van der Waals surface area contributed by atoms with E-state index < -0.39 is 23.0 Å². The quantitative estimate of drug-likeness (QED) is 0.324. The van der Waals surface area contributed by atoms with Crippen molar-refractivity contribution in [3.8, 4) is 11.5 Å². The zero-order valence-corrected chi connectivity index (χ0v) is 21.1. The van der Waals surface area contributed by atoms with Crippen LogP contribution in [0.1, 0.15) is 49.1 Å². The van der Waals surface area contributed by atoms with Gasteiger partial charge in [0.05, 0.1) is 5.57 Å². The van der Waals surface area contributed by atoms with Crippen LogP contribution in [-0.2, 0) is 4.79 Å². The number of alkyl halides is 3. The highest BCUT2D eigenvalue weighted by Gasteiger charge is 2.46. The summed E-state index contributed by atoms with van der Waals surface area (Å²) in [5.41, 5.74) is 1.64. The fraction of sp³-hybridized carbons (Fsp3) is 0.333. The van der Waals surface area contributed by atoms with Crippen molar-refractivity contribution in [1.82, 2.24) is 5.01 Å². The van der Waals surface area contributed by atoms with Crippen molar-refractivity contribution in [3.63, 3.8) is 0 Å². The van der Waals surface area contributed by atoms with E-state index in [-0.39, 0.29) is 35.7 Å². The highest BCUT2D eigenvalue weighted by atomic mass is 32.2. The second-order valence-corrected chi connectivity index (χ2v) is 10.0. The monoisotopic (exact) mass is 542 g/mol. The second kappa shape index (κ2) is 11.0. The number of amides is 1. The summed E-state index contributed by atoms with van der Waals surface area (Å²) >= 11 is 0.213. The van der Waals surface area contributed by atoms with E-state index in [4.69, 9.17) is 14.9 Å². The van der Waals surface area contributed by atoms with Crippen molar-refractivity contribution in [2.75, 3.05) is 13.2 Å². The summed E-state index contributed by atoms with van der Waals surface area (Å²) in [5.74, 6) is 0.510. The number of fused-ring (bicyclic) bond motifs is 1. The number of benzene rings is 2. The Balaban J connectivity index is 1.21. The van der Waals surface area contributed by atoms with Crippen LogP contribution in [0.4, 0.5) is 13.2 Å². The minimum Gasteiger partial charge on any atom is -0.490 e. The lowest BCUT2D eigenvalue weighted by Gasteiger charge is -2.22. The summed E-state index contributed by atoms with van der Waals surface area (Å²) in [6, 6.07) is 15.0. The number of nitrogens with zero attached hydrogens (tertiary/aromatic N) is 3. The molecule has 1 aliphatic carbocycles. The minimum atomic E-state index is -4.70. The smallest absolute Gasteiger partial charge is 0.441 e. The van der Waals surface area contributed by atoms with Crippen molar-refractivity contribution < 1.29 is 27.4 Å². The van der Waals surface area contributed by atoms with Gasteiger partial charge in [0.2, 0.25) is 10.2 Å². The maximum Gasteiger partial charge on any atom is 0.441 e. The second-order valence-electron chi connectivity index (χ2n) is 9.06. The van der Waals surface area contributed by atoms with Gasteiger partial charge in [0, 0.05) is 5.56 Å². The van der Waals surface area contributed by atoms with Crippen LogP contribution >= 0.6 is 11.8 Å². The molecule has 0 saturated heterocycles. The average Bonchev–Trinajstić information content (AvgIpc) is 3.36. The van der Waals surface area contributed by atoms with E-state index >= 15 is 0 Å². The molecule has 2 aromatic rings. The first-order valence-corrected chi connectivity index (χ1v) is 13.1. The molecule has 198 valence electrons. The number of hydrogen-bond acceptors (Lipinski definition) is 6. The van der Waals surface area contributed by atoms with E-state index in [1.165, 1.54) is 43.7 Å². The van der Waals surface area contributed by atoms with Crippen LogP contribution in [0.15, 0.2) is 64.2 Å². The SMILES string of the molecule is N=C1C(=Cc2ccccc2OCCOc2ccc(C3CCCCC3)cc2)C(=O)N=C2SC(C(F)(F)F)=NN12. The van der Waals surface area contributed by atoms with Crippen LogP contribution in [-0.4, -0.2) is 46.4 Å². The Morgan fingerprint density at radius 1 is 1.03 bits per heavy atom. The third-order valence-corrected chi connectivity index (χ3v) is 7.44. The Morgan fingerprint density at radius 2 is 1.74 bits per heavy atom. The van der Waals surface area contributed by atoms with Crippen molar-refractivity contribution in [3.05, 3.63) is 65.2 Å². The van der Waals surface area contributed by atoms with E-state index in [0.29, 0.717) is 17.2 Å². The van der Waals surface area contributed by atoms with Crippen LogP contribution in [0.5, 0.6) is 11.5 Å². The first-order valence-electron chi connectivity index (χ1n) is 12.3. The topological polar surface area (TPSA) is 87.3 Å². The van der Waals surface area contributed by atoms with Crippen LogP contribution in [0.3, 0.4) is 0 Å². The van der Waals surface area contributed by atoms with Gasteiger partial charge in [-0.05, 0) is 60.4 Å². The van der Waals surface area contributed by atoms with Gasteiger partial charge in [-0.15, -0.1) is 0 Å². The normalized spacial score (nSPS) is 19.3. The van der Waals surface area contributed by atoms with Gasteiger partial charge < -0.3 is 9.47 Å². The summed E-state index contributed by atoms with van der Waals surface area (Å²) in [5, 5.41) is 10.9. The predicted molar refractivity (Wildman–Crippen MR) is 141 cm³/mol. The molecule has 2 heterocycles. The molecule has 0 bridgehead atoms. The number of hydrogen-bond donors (Lipinski definition) is 1. The molecule has 1 fully saturated rings. The van der Waals surface area contributed by atoms with Crippen molar-refractivity contribution >= 4 is 39.8 Å². The van der Waals surface area contributed by atoms with Gasteiger partial charge in [-0.3, -0.25) is 10.2 Å². The van der Waals surface area contributed by atoms with Crippen molar-refractivity contribution in [2.24, 2.45) is 10.1 Å². The van der Waals surface area contributed by atoms with Crippen LogP contribution in [0, 0.1) is 5.41 Å². The van der Waals surface area contributed by atoms with Crippen molar-refractivity contribution in [1.29, 1.82) is 5.41 Å². The zero-order chi connectivity index (χ0) is 26.7. The molecule has 1 N–H and O–H groups in total. The Kier molecular flexibility index (Phi) is 7.55. The van der Waals surface area contributed by atoms with Gasteiger partial charge in [0.25, 0.3) is 5.91 Å². The number of hydrazone groups is 1. The maximum atomic E-state index is 13.0. The molecule has 3 aliphatic rings. The Hall–Kier alpha value is -3.60. The van der Waals surface area contributed by atoms with Crippen LogP contribution in [0.25, 0.3) is 6.08 Å². The first-order chi connectivity index (χ1) is 18.3. The van der Waals surface area contributed by atoms with E-state index in [1.54, 1.807) is 24.3 Å². The molecular weight excluding hydrogens is 517 g/mol. The zero-order valence-electron chi connectivity index (χ0n) is 20.3. The maximum absolute atomic E-state index is 13.0. The number of thioether (sulfide) groups is 1. The number of halogens is 3. The third kappa shape index (κ3) is 5.77. The van der Waals surface area contributed by atoms with Crippen LogP contribution in [0.2, 0.25) is 0 Å². The molecule has 38 heavy (non-hydrogen) atoms. The number of carbonyl (C=O) groups is 1.